The van der Waals surface area contributed by atoms with Gasteiger partial charge in [-0.05, 0) is 12.8 Å². The molecule has 0 aromatic heterocycles. The lowest BCUT2D eigenvalue weighted by Crippen LogP contribution is -2.37. The zero-order valence-electron chi connectivity index (χ0n) is 9.09. The molecule has 92 valence electrons. The summed E-state index contributed by atoms with van der Waals surface area (Å²) in [7, 11) is 0. The summed E-state index contributed by atoms with van der Waals surface area (Å²) >= 11 is 11.2. The topological polar surface area (TPSA) is 27.7 Å². The first-order valence-electron chi connectivity index (χ1n) is 5.58. The fourth-order valence-electron chi connectivity index (χ4n) is 2.21. The molecule has 2 rings (SSSR count). The van der Waals surface area contributed by atoms with Gasteiger partial charge in [-0.1, -0.05) is 23.2 Å². The van der Waals surface area contributed by atoms with Crippen molar-refractivity contribution in [3.8, 4) is 0 Å². The molecule has 1 aliphatic heterocycles. The molecule has 5 heteroatoms. The predicted octanol–water partition coefficient (Wildman–Crippen LogP) is 3.01. The molecule has 0 bridgehead atoms. The van der Waals surface area contributed by atoms with Crippen LogP contribution in [-0.4, -0.2) is 31.7 Å². The van der Waals surface area contributed by atoms with Crippen LogP contribution in [0.5, 0.6) is 0 Å². The van der Waals surface area contributed by atoms with Gasteiger partial charge in [-0.25, -0.2) is 0 Å². The third-order valence-corrected chi connectivity index (χ3v) is 3.68. The molecule has 0 aromatic rings. The first kappa shape index (κ1) is 12.7. The molecule has 0 radical (unpaired) electrons. The number of halogens is 2. The molecule has 2 aliphatic rings. The number of rotatable bonds is 3. The van der Waals surface area contributed by atoms with Crippen molar-refractivity contribution in [2.24, 2.45) is 0 Å². The van der Waals surface area contributed by atoms with Crippen LogP contribution >= 0.6 is 23.2 Å². The second-order valence-corrected chi connectivity index (χ2v) is 4.88. The van der Waals surface area contributed by atoms with E-state index in [2.05, 4.69) is 0 Å². The monoisotopic (exact) mass is 266 g/mol. The van der Waals surface area contributed by atoms with E-state index < -0.39 is 0 Å². The van der Waals surface area contributed by atoms with Crippen LogP contribution in [0.15, 0.2) is 10.6 Å². The fourth-order valence-corrected chi connectivity index (χ4v) is 2.34. The highest BCUT2D eigenvalue weighted by atomic mass is 35.5. The van der Waals surface area contributed by atoms with Crippen LogP contribution in [0.1, 0.15) is 25.7 Å². The van der Waals surface area contributed by atoms with Crippen molar-refractivity contribution < 1.29 is 14.2 Å². The summed E-state index contributed by atoms with van der Waals surface area (Å²) < 4.78 is 16.9. The van der Waals surface area contributed by atoms with Crippen LogP contribution in [0.2, 0.25) is 0 Å². The van der Waals surface area contributed by atoms with Gasteiger partial charge in [0.15, 0.2) is 5.79 Å². The van der Waals surface area contributed by atoms with Crippen LogP contribution in [0.3, 0.4) is 0 Å². The van der Waals surface area contributed by atoms with Gasteiger partial charge in [0, 0.05) is 18.4 Å². The van der Waals surface area contributed by atoms with E-state index in [-0.39, 0.29) is 11.9 Å². The van der Waals surface area contributed by atoms with Gasteiger partial charge in [0.2, 0.25) is 0 Å². The lowest BCUT2D eigenvalue weighted by Gasteiger charge is -2.35. The fraction of sp³-hybridized carbons (Fsp3) is 0.818. The minimum atomic E-state index is -0.314. The van der Waals surface area contributed by atoms with Crippen molar-refractivity contribution in [2.45, 2.75) is 37.6 Å². The Hall–Kier alpha value is 0.200. The highest BCUT2D eigenvalue weighted by Crippen LogP contribution is 2.36. The van der Waals surface area contributed by atoms with Crippen molar-refractivity contribution in [1.82, 2.24) is 0 Å². The van der Waals surface area contributed by atoms with E-state index in [1.807, 2.05) is 0 Å². The molecule has 0 atom stereocenters. The van der Waals surface area contributed by atoms with E-state index in [0.717, 1.165) is 25.7 Å². The number of ether oxygens (including phenoxy) is 3. The maximum Gasteiger partial charge on any atom is 0.168 e. The Morgan fingerprint density at radius 1 is 1.31 bits per heavy atom. The molecule has 2 fully saturated rings. The highest BCUT2D eigenvalue weighted by Gasteiger charge is 2.40. The van der Waals surface area contributed by atoms with Gasteiger partial charge in [-0.2, -0.15) is 0 Å². The number of hydrogen-bond acceptors (Lipinski definition) is 3. The summed E-state index contributed by atoms with van der Waals surface area (Å²) in [6, 6.07) is 0. The third kappa shape index (κ3) is 3.11. The van der Waals surface area contributed by atoms with Gasteiger partial charge in [0.05, 0.1) is 31.0 Å². The molecule has 0 unspecified atom stereocenters. The molecule has 3 nitrogen and oxygen atoms in total. The molecule has 1 saturated heterocycles. The largest absolute Gasteiger partial charge is 0.373 e. The quantitative estimate of drug-likeness (QED) is 0.786. The summed E-state index contributed by atoms with van der Waals surface area (Å²) in [5.74, 6) is -0.314. The first-order chi connectivity index (χ1) is 7.74. The van der Waals surface area contributed by atoms with Crippen LogP contribution < -0.4 is 0 Å². The normalized spacial score (nSPS) is 26.5. The molecule has 0 aromatic carbocycles. The van der Waals surface area contributed by atoms with Crippen molar-refractivity contribution in [1.29, 1.82) is 0 Å². The van der Waals surface area contributed by atoms with Crippen LogP contribution in [0, 0.1) is 0 Å². The lowest BCUT2D eigenvalue weighted by molar-refractivity contribution is -0.190. The van der Waals surface area contributed by atoms with Gasteiger partial charge < -0.3 is 14.2 Å². The van der Waals surface area contributed by atoms with Gasteiger partial charge in [0.25, 0.3) is 0 Å². The maximum atomic E-state index is 5.76. The van der Waals surface area contributed by atoms with E-state index in [4.69, 9.17) is 37.4 Å². The Balaban J connectivity index is 1.73. The van der Waals surface area contributed by atoms with Gasteiger partial charge >= 0.3 is 0 Å². The molecule has 1 saturated carbocycles. The summed E-state index contributed by atoms with van der Waals surface area (Å²) in [5.41, 5.74) is 1.34. The zero-order valence-corrected chi connectivity index (χ0v) is 10.6. The second-order valence-electron chi connectivity index (χ2n) is 4.17. The van der Waals surface area contributed by atoms with Crippen molar-refractivity contribution >= 4 is 23.2 Å². The smallest absolute Gasteiger partial charge is 0.168 e. The Morgan fingerprint density at radius 3 is 2.50 bits per heavy atom. The molecular weight excluding hydrogens is 251 g/mol. The lowest BCUT2D eigenvalue weighted by atomic mass is 9.92. The molecule has 1 spiro atoms. The minimum Gasteiger partial charge on any atom is -0.373 e. The van der Waals surface area contributed by atoms with Gasteiger partial charge in [-0.3, -0.25) is 0 Å². The molecule has 1 heterocycles. The molecule has 16 heavy (non-hydrogen) atoms. The SMILES string of the molecule is Cl/C=C(/Cl)COC1CCC2(CC1)OCCO2. The third-order valence-electron chi connectivity index (χ3n) is 3.08. The molecule has 0 amide bonds. The van der Waals surface area contributed by atoms with Crippen molar-refractivity contribution in [3.63, 3.8) is 0 Å². The van der Waals surface area contributed by atoms with E-state index in [9.17, 15) is 0 Å². The van der Waals surface area contributed by atoms with E-state index in [1.165, 1.54) is 5.54 Å². The van der Waals surface area contributed by atoms with Crippen molar-refractivity contribution in [3.05, 3.63) is 10.6 Å². The summed E-state index contributed by atoms with van der Waals surface area (Å²) in [6.45, 7) is 1.82. The maximum absolute atomic E-state index is 5.76. The Morgan fingerprint density at radius 2 is 1.94 bits per heavy atom. The molecular formula is C11H16Cl2O3. The highest BCUT2D eigenvalue weighted by molar-refractivity contribution is 6.36. The summed E-state index contributed by atoms with van der Waals surface area (Å²) in [5, 5.41) is 0.537. The van der Waals surface area contributed by atoms with Crippen LogP contribution in [-0.2, 0) is 14.2 Å². The summed E-state index contributed by atoms with van der Waals surface area (Å²) in [6.07, 6.45) is 3.95. The second kappa shape index (κ2) is 5.69. The first-order valence-corrected chi connectivity index (χ1v) is 6.40. The standard InChI is InChI=1S/C11H16Cl2O3/c12-7-9(13)8-14-10-1-3-11(4-2-10)15-5-6-16-11/h7,10H,1-6,8H2/b9-7+. The zero-order chi connectivity index (χ0) is 11.4. The van der Waals surface area contributed by atoms with E-state index in [1.54, 1.807) is 0 Å². The van der Waals surface area contributed by atoms with E-state index in [0.29, 0.717) is 24.9 Å². The average Bonchev–Trinajstić information content (AvgIpc) is 2.77. The Kier molecular flexibility index (Phi) is 4.50. The van der Waals surface area contributed by atoms with Crippen LogP contribution in [0.25, 0.3) is 0 Å². The Bertz CT molecular complexity index is 252. The van der Waals surface area contributed by atoms with Gasteiger partial charge in [0.1, 0.15) is 0 Å². The Labute approximate surface area is 106 Å². The van der Waals surface area contributed by atoms with Gasteiger partial charge in [-0.15, -0.1) is 0 Å². The van der Waals surface area contributed by atoms with Crippen LogP contribution in [0.4, 0.5) is 0 Å². The summed E-state index contributed by atoms with van der Waals surface area (Å²) in [4.78, 5) is 0. The van der Waals surface area contributed by atoms with Crippen molar-refractivity contribution in [2.75, 3.05) is 19.8 Å². The number of hydrogen-bond donors (Lipinski definition) is 0. The molecule has 0 N–H and O–H groups in total. The average molecular weight is 267 g/mol. The minimum absolute atomic E-state index is 0.240. The van der Waals surface area contributed by atoms with E-state index >= 15 is 0 Å². The molecule has 1 aliphatic carbocycles. The predicted molar refractivity (Wildman–Crippen MR) is 62.6 cm³/mol.